The average Bonchev–Trinajstić information content (AvgIpc) is 2.46. The molecule has 104 valence electrons. The smallest absolute Gasteiger partial charge is 0.312 e. The second kappa shape index (κ2) is 6.13. The van der Waals surface area contributed by atoms with E-state index in [1.165, 1.54) is 30.6 Å². The van der Waals surface area contributed by atoms with Crippen LogP contribution in [0.1, 0.15) is 5.69 Å². The van der Waals surface area contributed by atoms with Gasteiger partial charge in [0.1, 0.15) is 6.61 Å². The van der Waals surface area contributed by atoms with E-state index >= 15 is 0 Å². The summed E-state index contributed by atoms with van der Waals surface area (Å²) in [7, 11) is 0. The van der Waals surface area contributed by atoms with Crippen molar-refractivity contribution < 1.29 is 9.66 Å². The minimum Gasteiger partial charge on any atom is -0.479 e. The van der Waals surface area contributed by atoms with Crippen LogP contribution in [0.3, 0.4) is 0 Å². The number of anilines is 1. The van der Waals surface area contributed by atoms with Crippen LogP contribution >= 0.6 is 11.6 Å². The molecule has 0 fully saturated rings. The molecule has 8 nitrogen and oxygen atoms in total. The number of nitro groups is 1. The Morgan fingerprint density at radius 1 is 1.40 bits per heavy atom. The molecule has 9 heteroatoms. The van der Waals surface area contributed by atoms with Gasteiger partial charge < -0.3 is 10.2 Å². The molecule has 0 radical (unpaired) electrons. The highest BCUT2D eigenvalue weighted by atomic mass is 35.5. The number of nitrogens with zero attached hydrogens (tertiary/aromatic N) is 3. The summed E-state index contributed by atoms with van der Waals surface area (Å²) in [4.78, 5) is 18.3. The largest absolute Gasteiger partial charge is 0.479 e. The number of halogens is 1. The minimum atomic E-state index is -0.561. The van der Waals surface area contributed by atoms with E-state index < -0.39 is 4.92 Å². The van der Waals surface area contributed by atoms with Gasteiger partial charge in [-0.3, -0.25) is 15.1 Å². The van der Waals surface area contributed by atoms with Crippen molar-refractivity contribution in [3.63, 3.8) is 0 Å². The van der Waals surface area contributed by atoms with E-state index in [1.54, 1.807) is 0 Å². The lowest BCUT2D eigenvalue weighted by Gasteiger charge is -2.08. The Kier molecular flexibility index (Phi) is 4.28. The number of para-hydroxylation sites is 1. The number of hydrogen-bond acceptors (Lipinski definition) is 7. The lowest BCUT2D eigenvalue weighted by atomic mass is 10.3. The van der Waals surface area contributed by atoms with Crippen LogP contribution in [0.25, 0.3) is 0 Å². The van der Waals surface area contributed by atoms with Gasteiger partial charge in [0, 0.05) is 6.07 Å². The Hall–Kier alpha value is -2.45. The molecule has 0 bridgehead atoms. The second-order valence-electron chi connectivity index (χ2n) is 3.67. The number of aromatic nitrogens is 2. The third kappa shape index (κ3) is 3.11. The van der Waals surface area contributed by atoms with Gasteiger partial charge in [-0.1, -0.05) is 17.7 Å². The number of nitrogens with two attached hydrogens (primary N) is 1. The van der Waals surface area contributed by atoms with E-state index in [4.69, 9.17) is 22.2 Å². The zero-order chi connectivity index (χ0) is 14.5. The fraction of sp³-hybridized carbons (Fsp3) is 0.0909. The van der Waals surface area contributed by atoms with Crippen LogP contribution < -0.4 is 16.0 Å². The standard InChI is InChI=1S/C11H10ClN5O3/c12-8-2-1-3-9(17(18)19)11(8)20-6-7-4-15-10(16-13)5-14-7/h1-5H,6,13H2,(H,15,16). The number of nitrogens with one attached hydrogen (secondary N) is 1. The molecule has 2 aromatic rings. The van der Waals surface area contributed by atoms with Crippen LogP contribution in [0.4, 0.5) is 11.5 Å². The van der Waals surface area contributed by atoms with Gasteiger partial charge in [-0.2, -0.15) is 0 Å². The van der Waals surface area contributed by atoms with Crippen molar-refractivity contribution in [2.24, 2.45) is 5.84 Å². The number of nitrogen functional groups attached to an aromatic ring is 1. The first kappa shape index (κ1) is 14.0. The van der Waals surface area contributed by atoms with Crippen molar-refractivity contribution in [2.45, 2.75) is 6.61 Å². The molecule has 2 rings (SSSR count). The van der Waals surface area contributed by atoms with Crippen LogP contribution in [0, 0.1) is 10.1 Å². The first-order chi connectivity index (χ1) is 9.61. The summed E-state index contributed by atoms with van der Waals surface area (Å²) in [6.07, 6.45) is 2.86. The predicted molar refractivity (Wildman–Crippen MR) is 72.3 cm³/mol. The number of ether oxygens (including phenoxy) is 1. The van der Waals surface area contributed by atoms with Gasteiger partial charge in [-0.05, 0) is 6.07 Å². The topological polar surface area (TPSA) is 116 Å². The molecule has 0 aliphatic carbocycles. The molecule has 1 heterocycles. The van der Waals surface area contributed by atoms with Gasteiger partial charge >= 0.3 is 5.69 Å². The normalized spacial score (nSPS) is 10.1. The third-order valence-corrected chi connectivity index (χ3v) is 2.66. The molecule has 3 N–H and O–H groups in total. The fourth-order valence-corrected chi connectivity index (χ4v) is 1.66. The predicted octanol–water partition coefficient (Wildman–Crippen LogP) is 1.90. The van der Waals surface area contributed by atoms with Gasteiger partial charge in [0.15, 0.2) is 5.82 Å². The molecular formula is C11H10ClN5O3. The van der Waals surface area contributed by atoms with Crippen molar-refractivity contribution >= 4 is 23.1 Å². The fourth-order valence-electron chi connectivity index (χ4n) is 1.43. The zero-order valence-corrected chi connectivity index (χ0v) is 10.9. The highest BCUT2D eigenvalue weighted by Crippen LogP contribution is 2.34. The van der Waals surface area contributed by atoms with Gasteiger partial charge in [0.2, 0.25) is 5.75 Å². The van der Waals surface area contributed by atoms with Crippen LogP contribution in [-0.2, 0) is 6.61 Å². The maximum absolute atomic E-state index is 10.9. The monoisotopic (exact) mass is 295 g/mol. The molecular weight excluding hydrogens is 286 g/mol. The lowest BCUT2D eigenvalue weighted by molar-refractivity contribution is -0.385. The van der Waals surface area contributed by atoms with Crippen molar-refractivity contribution in [2.75, 3.05) is 5.43 Å². The number of benzene rings is 1. The lowest BCUT2D eigenvalue weighted by Crippen LogP contribution is -2.09. The molecule has 0 spiro atoms. The summed E-state index contributed by atoms with van der Waals surface area (Å²) >= 11 is 5.90. The van der Waals surface area contributed by atoms with Crippen LogP contribution in [0.2, 0.25) is 5.02 Å². The van der Waals surface area contributed by atoms with E-state index in [2.05, 4.69) is 15.4 Å². The Bertz CT molecular complexity index is 620. The van der Waals surface area contributed by atoms with Crippen molar-refractivity contribution in [1.82, 2.24) is 9.97 Å². The zero-order valence-electron chi connectivity index (χ0n) is 10.1. The molecule has 0 saturated heterocycles. The summed E-state index contributed by atoms with van der Waals surface area (Å²) in [5.74, 6) is 5.56. The molecule has 0 atom stereocenters. The van der Waals surface area contributed by atoms with E-state index in [0.717, 1.165) is 0 Å². The SMILES string of the molecule is NNc1cnc(COc2c(Cl)cccc2[N+](=O)[O-])cn1. The van der Waals surface area contributed by atoms with Gasteiger partial charge in [-0.15, -0.1) is 0 Å². The molecule has 0 aliphatic heterocycles. The molecule has 0 unspecified atom stereocenters. The summed E-state index contributed by atoms with van der Waals surface area (Å²) in [6.45, 7) is 0.00241. The number of hydrazine groups is 1. The summed E-state index contributed by atoms with van der Waals surface area (Å²) < 4.78 is 5.36. The molecule has 1 aromatic heterocycles. The maximum Gasteiger partial charge on any atom is 0.312 e. The number of hydrogen-bond donors (Lipinski definition) is 2. The number of nitro benzene ring substituents is 1. The molecule has 0 amide bonds. The van der Waals surface area contributed by atoms with E-state index in [9.17, 15) is 10.1 Å². The molecule has 20 heavy (non-hydrogen) atoms. The van der Waals surface area contributed by atoms with Crippen LogP contribution in [0.5, 0.6) is 5.75 Å². The van der Waals surface area contributed by atoms with E-state index in [1.807, 2.05) is 0 Å². The van der Waals surface area contributed by atoms with Crippen molar-refractivity contribution in [3.05, 3.63) is 51.4 Å². The first-order valence-corrected chi connectivity index (χ1v) is 5.83. The third-order valence-electron chi connectivity index (χ3n) is 2.36. The van der Waals surface area contributed by atoms with Gasteiger partial charge in [0.25, 0.3) is 0 Å². The Morgan fingerprint density at radius 2 is 2.20 bits per heavy atom. The highest BCUT2D eigenvalue weighted by Gasteiger charge is 2.18. The summed E-state index contributed by atoms with van der Waals surface area (Å²) in [5, 5.41) is 11.0. The summed E-state index contributed by atoms with van der Waals surface area (Å²) in [6, 6.07) is 4.31. The van der Waals surface area contributed by atoms with Crippen molar-refractivity contribution in [1.29, 1.82) is 0 Å². The van der Waals surface area contributed by atoms with E-state index in [0.29, 0.717) is 11.5 Å². The molecule has 0 saturated carbocycles. The Morgan fingerprint density at radius 3 is 2.80 bits per heavy atom. The average molecular weight is 296 g/mol. The second-order valence-corrected chi connectivity index (χ2v) is 4.08. The van der Waals surface area contributed by atoms with E-state index in [-0.39, 0.29) is 23.1 Å². The Labute approximate surface area is 118 Å². The maximum atomic E-state index is 10.9. The van der Waals surface area contributed by atoms with Crippen molar-refractivity contribution in [3.8, 4) is 5.75 Å². The first-order valence-electron chi connectivity index (χ1n) is 5.45. The molecule has 0 aliphatic rings. The Balaban J connectivity index is 2.16. The van der Waals surface area contributed by atoms with Gasteiger partial charge in [-0.25, -0.2) is 10.8 Å². The molecule has 1 aromatic carbocycles. The quantitative estimate of drug-likeness (QED) is 0.491. The minimum absolute atomic E-state index is 0.00185. The van der Waals surface area contributed by atoms with Crippen LogP contribution in [-0.4, -0.2) is 14.9 Å². The van der Waals surface area contributed by atoms with Gasteiger partial charge in [0.05, 0.1) is 28.0 Å². The highest BCUT2D eigenvalue weighted by molar-refractivity contribution is 6.32. The summed E-state index contributed by atoms with van der Waals surface area (Å²) in [5.41, 5.74) is 2.62. The van der Waals surface area contributed by atoms with Crippen LogP contribution in [0.15, 0.2) is 30.6 Å². The number of rotatable bonds is 5.